The third-order valence-electron chi connectivity index (χ3n) is 4.30. The maximum Gasteiger partial charge on any atom is 0.118 e. The Hall–Kier alpha value is -1.02. The van der Waals surface area contributed by atoms with E-state index in [2.05, 4.69) is 13.8 Å². The fourth-order valence-corrected chi connectivity index (χ4v) is 2.68. The number of para-hydroxylation sites is 1. The molecule has 1 aromatic rings. The molecule has 0 unspecified atom stereocenters. The first-order valence-electron chi connectivity index (χ1n) is 10.1. The molecule has 0 bridgehead atoms. The Morgan fingerprint density at radius 1 is 0.667 bits per heavy atom. The highest BCUT2D eigenvalue weighted by Gasteiger charge is 1.99. The van der Waals surface area contributed by atoms with Crippen molar-refractivity contribution >= 4 is 0 Å². The van der Waals surface area contributed by atoms with Gasteiger partial charge in [-0.15, -0.1) is 0 Å². The van der Waals surface area contributed by atoms with E-state index in [9.17, 15) is 5.11 Å². The van der Waals surface area contributed by atoms with Crippen LogP contribution in [0.3, 0.4) is 0 Å². The third kappa shape index (κ3) is 14.6. The van der Waals surface area contributed by atoms with Crippen LogP contribution in [0.4, 0.5) is 0 Å². The molecule has 1 rings (SSSR count). The smallest absolute Gasteiger partial charge is 0.118 e. The van der Waals surface area contributed by atoms with Gasteiger partial charge < -0.3 is 10.2 Å². The normalized spacial score (nSPS) is 10.3. The molecule has 1 aromatic carbocycles. The van der Waals surface area contributed by atoms with E-state index in [4.69, 9.17) is 5.11 Å². The van der Waals surface area contributed by atoms with Crippen molar-refractivity contribution in [1.29, 1.82) is 0 Å². The predicted molar refractivity (Wildman–Crippen MR) is 106 cm³/mol. The number of aliphatic hydroxyl groups is 1. The van der Waals surface area contributed by atoms with Gasteiger partial charge in [-0.05, 0) is 30.9 Å². The quantitative estimate of drug-likeness (QED) is 0.397. The Balaban J connectivity index is 0.000000922. The number of aromatic hydroxyl groups is 1. The van der Waals surface area contributed by atoms with Crippen LogP contribution in [0, 0.1) is 0 Å². The number of unbranched alkanes of at least 4 members (excludes halogenated alkanes) is 10. The first-order valence-corrected chi connectivity index (χ1v) is 10.1. The van der Waals surface area contributed by atoms with Gasteiger partial charge in [0.15, 0.2) is 0 Å². The lowest BCUT2D eigenvalue weighted by Crippen LogP contribution is -1.87. The number of phenolic OH excluding ortho intramolecular Hbond substituents is 1. The van der Waals surface area contributed by atoms with E-state index in [1.807, 2.05) is 18.2 Å². The second-order valence-corrected chi connectivity index (χ2v) is 6.64. The highest BCUT2D eigenvalue weighted by atomic mass is 16.3. The van der Waals surface area contributed by atoms with Gasteiger partial charge in [-0.25, -0.2) is 0 Å². The van der Waals surface area contributed by atoms with Crippen molar-refractivity contribution in [3.05, 3.63) is 29.8 Å². The summed E-state index contributed by atoms with van der Waals surface area (Å²) in [7, 11) is 0. The second kappa shape index (κ2) is 18.3. The van der Waals surface area contributed by atoms with E-state index >= 15 is 0 Å². The molecule has 140 valence electrons. The standard InChI is InChI=1S/C18H30O.C4H10O/c1-2-3-4-5-6-7-8-9-10-11-14-17-15-12-13-16-18(17)19;1-2-3-4-5/h12-13,15-16,19H,2-11,14H2,1H3;5H,2-4H2,1H3. The average Bonchev–Trinajstić information content (AvgIpc) is 2.59. The van der Waals surface area contributed by atoms with Gasteiger partial charge in [0.05, 0.1) is 0 Å². The molecule has 0 saturated heterocycles. The van der Waals surface area contributed by atoms with Gasteiger partial charge in [-0.1, -0.05) is 96.3 Å². The Morgan fingerprint density at radius 3 is 1.62 bits per heavy atom. The van der Waals surface area contributed by atoms with E-state index < -0.39 is 0 Å². The number of benzene rings is 1. The van der Waals surface area contributed by atoms with Gasteiger partial charge in [0, 0.05) is 6.61 Å². The van der Waals surface area contributed by atoms with Crippen molar-refractivity contribution in [2.24, 2.45) is 0 Å². The summed E-state index contributed by atoms with van der Waals surface area (Å²) in [6, 6.07) is 7.71. The Bertz CT molecular complexity index is 361. The zero-order valence-corrected chi connectivity index (χ0v) is 16.1. The van der Waals surface area contributed by atoms with Gasteiger partial charge in [0.25, 0.3) is 0 Å². The molecule has 0 aromatic heterocycles. The molecule has 2 N–H and O–H groups in total. The van der Waals surface area contributed by atoms with Gasteiger partial charge >= 0.3 is 0 Å². The molecule has 0 fully saturated rings. The predicted octanol–water partition coefficient (Wildman–Crippen LogP) is 6.63. The molecule has 0 aliphatic heterocycles. The molecule has 2 heteroatoms. The monoisotopic (exact) mass is 336 g/mol. The maximum absolute atomic E-state index is 9.65. The molecule has 24 heavy (non-hydrogen) atoms. The Labute approximate surface area is 150 Å². The van der Waals surface area contributed by atoms with Crippen LogP contribution in [-0.2, 0) is 6.42 Å². The molecule has 0 heterocycles. The van der Waals surface area contributed by atoms with Crippen LogP contribution in [0.1, 0.15) is 96.5 Å². The number of hydrogen-bond acceptors (Lipinski definition) is 2. The summed E-state index contributed by atoms with van der Waals surface area (Å²) in [4.78, 5) is 0. The van der Waals surface area contributed by atoms with E-state index in [0.717, 1.165) is 24.8 Å². The van der Waals surface area contributed by atoms with Crippen molar-refractivity contribution < 1.29 is 10.2 Å². The van der Waals surface area contributed by atoms with Crippen LogP contribution >= 0.6 is 0 Å². The summed E-state index contributed by atoms with van der Waals surface area (Å²) >= 11 is 0. The van der Waals surface area contributed by atoms with Crippen molar-refractivity contribution in [1.82, 2.24) is 0 Å². The van der Waals surface area contributed by atoms with Gasteiger partial charge in [-0.2, -0.15) is 0 Å². The fraction of sp³-hybridized carbons (Fsp3) is 0.727. The molecule has 0 spiro atoms. The molecule has 0 saturated carbocycles. The first-order chi connectivity index (χ1) is 11.8. The average molecular weight is 337 g/mol. The van der Waals surface area contributed by atoms with Gasteiger partial charge in [0.1, 0.15) is 5.75 Å². The van der Waals surface area contributed by atoms with Crippen molar-refractivity contribution in [2.75, 3.05) is 6.61 Å². The zero-order chi connectivity index (χ0) is 17.9. The Kier molecular flexibility index (Phi) is 17.5. The molecule has 2 nitrogen and oxygen atoms in total. The number of rotatable bonds is 13. The minimum atomic E-state index is 0.344. The highest BCUT2D eigenvalue weighted by Crippen LogP contribution is 2.19. The van der Waals surface area contributed by atoms with E-state index in [0.29, 0.717) is 12.4 Å². The van der Waals surface area contributed by atoms with Crippen molar-refractivity contribution in [3.63, 3.8) is 0 Å². The lowest BCUT2D eigenvalue weighted by atomic mass is 10.0. The third-order valence-corrected chi connectivity index (χ3v) is 4.30. The molecule has 0 radical (unpaired) electrons. The van der Waals surface area contributed by atoms with E-state index in [-0.39, 0.29) is 0 Å². The van der Waals surface area contributed by atoms with Crippen LogP contribution in [-0.4, -0.2) is 16.8 Å². The highest BCUT2D eigenvalue weighted by molar-refractivity contribution is 5.31. The maximum atomic E-state index is 9.65. The van der Waals surface area contributed by atoms with Crippen molar-refractivity contribution in [2.45, 2.75) is 97.3 Å². The number of aliphatic hydroxyl groups excluding tert-OH is 1. The van der Waals surface area contributed by atoms with Crippen LogP contribution in [0.15, 0.2) is 24.3 Å². The van der Waals surface area contributed by atoms with Crippen molar-refractivity contribution in [3.8, 4) is 5.75 Å². The van der Waals surface area contributed by atoms with Crippen LogP contribution in [0.2, 0.25) is 0 Å². The van der Waals surface area contributed by atoms with Crippen LogP contribution < -0.4 is 0 Å². The zero-order valence-electron chi connectivity index (χ0n) is 16.1. The molecular weight excluding hydrogens is 296 g/mol. The largest absolute Gasteiger partial charge is 0.508 e. The number of aryl methyl sites for hydroxylation is 1. The van der Waals surface area contributed by atoms with Gasteiger partial charge in [-0.3, -0.25) is 0 Å². The topological polar surface area (TPSA) is 40.5 Å². The Morgan fingerprint density at radius 2 is 1.17 bits per heavy atom. The molecule has 0 aliphatic carbocycles. The summed E-state index contributed by atoms with van der Waals surface area (Å²) in [5.41, 5.74) is 1.10. The van der Waals surface area contributed by atoms with Crippen LogP contribution in [0.25, 0.3) is 0 Å². The first kappa shape index (κ1) is 23.0. The summed E-state index contributed by atoms with van der Waals surface area (Å²) in [6.45, 7) is 4.66. The minimum Gasteiger partial charge on any atom is -0.508 e. The SMILES string of the molecule is CCCCCCCCCCCCc1ccccc1O.CCCCO. The number of hydrogen-bond donors (Lipinski definition) is 2. The molecular formula is C22H40O2. The van der Waals surface area contributed by atoms with Gasteiger partial charge in [0.2, 0.25) is 0 Å². The molecule has 0 atom stereocenters. The van der Waals surface area contributed by atoms with Crippen LogP contribution in [0.5, 0.6) is 5.75 Å². The minimum absolute atomic E-state index is 0.344. The summed E-state index contributed by atoms with van der Waals surface area (Å²) in [6.07, 6.45) is 16.7. The summed E-state index contributed by atoms with van der Waals surface area (Å²) in [5, 5.41) is 17.7. The molecule has 0 aliphatic rings. The lowest BCUT2D eigenvalue weighted by molar-refractivity contribution is 0.287. The van der Waals surface area contributed by atoms with E-state index in [1.165, 1.54) is 64.2 Å². The fourth-order valence-electron chi connectivity index (χ4n) is 2.68. The summed E-state index contributed by atoms with van der Waals surface area (Å²) in [5.74, 6) is 0.457. The second-order valence-electron chi connectivity index (χ2n) is 6.64. The number of phenols is 1. The van der Waals surface area contributed by atoms with E-state index in [1.54, 1.807) is 6.07 Å². The summed E-state index contributed by atoms with van der Waals surface area (Å²) < 4.78 is 0. The lowest BCUT2D eigenvalue weighted by Gasteiger charge is -2.04. The molecule has 0 amide bonds.